The van der Waals surface area contributed by atoms with E-state index in [-0.39, 0.29) is 18.1 Å². The number of hydrogen-bond acceptors (Lipinski definition) is 4. The van der Waals surface area contributed by atoms with Gasteiger partial charge in [0.1, 0.15) is 6.23 Å². The van der Waals surface area contributed by atoms with Gasteiger partial charge in [-0.25, -0.2) is 0 Å². The second-order valence-electron chi connectivity index (χ2n) is 4.32. The molecule has 1 N–H and O–H groups in total. The molecule has 0 spiro atoms. The smallest absolute Gasteiger partial charge is 0.308 e. The van der Waals surface area contributed by atoms with Crippen LogP contribution in [0.2, 0.25) is 0 Å². The summed E-state index contributed by atoms with van der Waals surface area (Å²) < 4.78 is 10.6. The minimum absolute atomic E-state index is 0.0703. The lowest BCUT2D eigenvalue weighted by Crippen LogP contribution is -2.35. The summed E-state index contributed by atoms with van der Waals surface area (Å²) >= 11 is 0. The quantitative estimate of drug-likeness (QED) is 0.575. The maximum absolute atomic E-state index is 11.3. The molecule has 4 heteroatoms. The SMILES string of the molecule is CC[C@@H](NC)OC1CCC(C(=O)OC)CC1. The van der Waals surface area contributed by atoms with Gasteiger partial charge in [0.25, 0.3) is 0 Å². The van der Waals surface area contributed by atoms with Crippen LogP contribution < -0.4 is 5.32 Å². The van der Waals surface area contributed by atoms with Crippen molar-refractivity contribution in [1.82, 2.24) is 5.32 Å². The minimum Gasteiger partial charge on any atom is -0.469 e. The Morgan fingerprint density at radius 2 is 2.00 bits per heavy atom. The van der Waals surface area contributed by atoms with Crippen molar-refractivity contribution in [2.45, 2.75) is 51.4 Å². The predicted octanol–water partition coefficient (Wildman–Crippen LogP) is 1.69. The van der Waals surface area contributed by atoms with Crippen LogP contribution >= 0.6 is 0 Å². The fourth-order valence-corrected chi connectivity index (χ4v) is 2.20. The summed E-state index contributed by atoms with van der Waals surface area (Å²) in [4.78, 5) is 11.3. The molecule has 1 saturated carbocycles. The summed E-state index contributed by atoms with van der Waals surface area (Å²) in [5, 5.41) is 3.13. The number of methoxy groups -OCH3 is 1. The van der Waals surface area contributed by atoms with E-state index in [2.05, 4.69) is 12.2 Å². The highest BCUT2D eigenvalue weighted by Crippen LogP contribution is 2.27. The summed E-state index contributed by atoms with van der Waals surface area (Å²) in [5.41, 5.74) is 0. The Kier molecular flexibility index (Phi) is 5.77. The van der Waals surface area contributed by atoms with Crippen LogP contribution in [0.3, 0.4) is 0 Å². The van der Waals surface area contributed by atoms with Gasteiger partial charge in [-0.05, 0) is 39.2 Å². The molecule has 0 aromatic heterocycles. The van der Waals surface area contributed by atoms with Crippen LogP contribution in [-0.4, -0.2) is 32.5 Å². The number of ether oxygens (including phenoxy) is 2. The van der Waals surface area contributed by atoms with Crippen molar-refractivity contribution in [3.05, 3.63) is 0 Å². The summed E-state index contributed by atoms with van der Waals surface area (Å²) in [7, 11) is 3.37. The standard InChI is InChI=1S/C12H23NO3/c1-4-11(13-2)16-10-7-5-9(6-8-10)12(14)15-3/h9-11,13H,4-8H2,1-3H3/t9?,10?,11-/m0/s1. The molecule has 1 atom stereocenters. The highest BCUT2D eigenvalue weighted by atomic mass is 16.5. The van der Waals surface area contributed by atoms with Gasteiger partial charge in [0.2, 0.25) is 0 Å². The number of nitrogens with one attached hydrogen (secondary N) is 1. The second-order valence-corrected chi connectivity index (χ2v) is 4.32. The molecular weight excluding hydrogens is 206 g/mol. The van der Waals surface area contributed by atoms with E-state index in [1.54, 1.807) is 0 Å². The van der Waals surface area contributed by atoms with Crippen molar-refractivity contribution >= 4 is 5.97 Å². The average molecular weight is 229 g/mol. The minimum atomic E-state index is -0.0703. The Labute approximate surface area is 97.7 Å². The van der Waals surface area contributed by atoms with Gasteiger partial charge in [-0.1, -0.05) is 6.92 Å². The van der Waals surface area contributed by atoms with Gasteiger partial charge in [-0.3, -0.25) is 10.1 Å². The number of esters is 1. The van der Waals surface area contributed by atoms with E-state index in [1.807, 2.05) is 7.05 Å². The van der Waals surface area contributed by atoms with Crippen molar-refractivity contribution in [1.29, 1.82) is 0 Å². The first-order valence-electron chi connectivity index (χ1n) is 6.11. The molecule has 1 rings (SSSR count). The van der Waals surface area contributed by atoms with E-state index in [4.69, 9.17) is 9.47 Å². The van der Waals surface area contributed by atoms with Crippen molar-refractivity contribution in [3.63, 3.8) is 0 Å². The highest BCUT2D eigenvalue weighted by molar-refractivity contribution is 5.72. The lowest BCUT2D eigenvalue weighted by Gasteiger charge is -2.29. The molecule has 0 aliphatic heterocycles. The van der Waals surface area contributed by atoms with Gasteiger partial charge >= 0.3 is 5.97 Å². The van der Waals surface area contributed by atoms with Gasteiger partial charge in [-0.2, -0.15) is 0 Å². The summed E-state index contributed by atoms with van der Waals surface area (Å²) in [5.74, 6) is 0.0126. The molecule has 1 fully saturated rings. The molecule has 0 aromatic carbocycles. The van der Waals surface area contributed by atoms with E-state index in [0.29, 0.717) is 6.10 Å². The maximum atomic E-state index is 11.3. The van der Waals surface area contributed by atoms with Crippen molar-refractivity contribution in [3.8, 4) is 0 Å². The van der Waals surface area contributed by atoms with Crippen LogP contribution in [0.25, 0.3) is 0 Å². The van der Waals surface area contributed by atoms with Crippen LogP contribution in [0.15, 0.2) is 0 Å². The fraction of sp³-hybridized carbons (Fsp3) is 0.917. The number of carbonyl (C=O) groups excluding carboxylic acids is 1. The van der Waals surface area contributed by atoms with Crippen molar-refractivity contribution < 1.29 is 14.3 Å². The van der Waals surface area contributed by atoms with E-state index in [9.17, 15) is 4.79 Å². The fourth-order valence-electron chi connectivity index (χ4n) is 2.20. The lowest BCUT2D eigenvalue weighted by atomic mass is 9.87. The molecular formula is C12H23NO3. The predicted molar refractivity (Wildman–Crippen MR) is 62.0 cm³/mol. The topological polar surface area (TPSA) is 47.6 Å². The van der Waals surface area contributed by atoms with Gasteiger partial charge < -0.3 is 9.47 Å². The van der Waals surface area contributed by atoms with E-state index < -0.39 is 0 Å². The Bertz CT molecular complexity index is 208. The molecule has 0 saturated heterocycles. The summed E-state index contributed by atoms with van der Waals surface area (Å²) in [6.45, 7) is 2.10. The van der Waals surface area contributed by atoms with Gasteiger partial charge in [-0.15, -0.1) is 0 Å². The van der Waals surface area contributed by atoms with Gasteiger partial charge in [0, 0.05) is 0 Å². The molecule has 1 aliphatic rings. The zero-order chi connectivity index (χ0) is 12.0. The molecule has 0 heterocycles. The Hall–Kier alpha value is -0.610. The third kappa shape index (κ3) is 3.76. The second kappa shape index (κ2) is 6.86. The third-order valence-corrected chi connectivity index (χ3v) is 3.26. The largest absolute Gasteiger partial charge is 0.469 e. The third-order valence-electron chi connectivity index (χ3n) is 3.26. The summed E-state index contributed by atoms with van der Waals surface area (Å²) in [6.07, 6.45) is 5.08. The van der Waals surface area contributed by atoms with Crippen molar-refractivity contribution in [2.24, 2.45) is 5.92 Å². The van der Waals surface area contributed by atoms with Crippen molar-refractivity contribution in [2.75, 3.05) is 14.2 Å². The first kappa shape index (κ1) is 13.5. The van der Waals surface area contributed by atoms with Crippen LogP contribution in [0.5, 0.6) is 0 Å². The van der Waals surface area contributed by atoms with Crippen LogP contribution in [0, 0.1) is 5.92 Å². The zero-order valence-corrected chi connectivity index (χ0v) is 10.5. The maximum Gasteiger partial charge on any atom is 0.308 e. The Morgan fingerprint density at radius 1 is 1.38 bits per heavy atom. The monoisotopic (exact) mass is 229 g/mol. The van der Waals surface area contributed by atoms with E-state index in [0.717, 1.165) is 32.1 Å². The first-order chi connectivity index (χ1) is 7.71. The zero-order valence-electron chi connectivity index (χ0n) is 10.5. The molecule has 4 nitrogen and oxygen atoms in total. The van der Waals surface area contributed by atoms with Crippen LogP contribution in [-0.2, 0) is 14.3 Å². The molecule has 94 valence electrons. The number of rotatable bonds is 5. The molecule has 0 amide bonds. The van der Waals surface area contributed by atoms with Crippen LogP contribution in [0.4, 0.5) is 0 Å². The van der Waals surface area contributed by atoms with E-state index >= 15 is 0 Å². The molecule has 0 aromatic rings. The molecule has 0 unspecified atom stereocenters. The summed E-state index contributed by atoms with van der Waals surface area (Å²) in [6, 6.07) is 0. The number of carbonyl (C=O) groups is 1. The molecule has 1 aliphatic carbocycles. The van der Waals surface area contributed by atoms with Crippen LogP contribution in [0.1, 0.15) is 39.0 Å². The van der Waals surface area contributed by atoms with Gasteiger partial charge in [0.05, 0.1) is 19.1 Å². The Morgan fingerprint density at radius 3 is 2.44 bits per heavy atom. The Balaban J connectivity index is 2.29. The highest BCUT2D eigenvalue weighted by Gasteiger charge is 2.28. The average Bonchev–Trinajstić information content (AvgIpc) is 2.35. The molecule has 16 heavy (non-hydrogen) atoms. The lowest BCUT2D eigenvalue weighted by molar-refractivity contribution is -0.148. The van der Waals surface area contributed by atoms with E-state index in [1.165, 1.54) is 7.11 Å². The molecule has 0 bridgehead atoms. The van der Waals surface area contributed by atoms with Gasteiger partial charge in [0.15, 0.2) is 0 Å². The molecule has 0 radical (unpaired) electrons. The normalized spacial score (nSPS) is 27.4. The first-order valence-corrected chi connectivity index (χ1v) is 6.11. The number of hydrogen-bond donors (Lipinski definition) is 1.